The lowest BCUT2D eigenvalue weighted by molar-refractivity contribution is -0.136. The second kappa shape index (κ2) is 15.2. The van der Waals surface area contributed by atoms with Gasteiger partial charge >= 0.3 is 0 Å². The van der Waals surface area contributed by atoms with Crippen molar-refractivity contribution in [3.05, 3.63) is 0 Å². The molecule has 2 aliphatic rings. The highest BCUT2D eigenvalue weighted by molar-refractivity contribution is 14.0. The van der Waals surface area contributed by atoms with E-state index in [1.165, 1.54) is 0 Å². The molecule has 1 amide bonds. The summed E-state index contributed by atoms with van der Waals surface area (Å²) in [6, 6.07) is 0.371. The number of nitrogens with zero attached hydrogens (tertiary/aromatic N) is 2. The number of ether oxygens (including phenoxy) is 2. The highest BCUT2D eigenvalue weighted by atomic mass is 127. The number of amides is 1. The topological polar surface area (TPSA) is 75.2 Å². The molecule has 0 spiro atoms. The van der Waals surface area contributed by atoms with Gasteiger partial charge in [0.05, 0.1) is 6.10 Å². The molecule has 0 radical (unpaired) electrons. The van der Waals surface area contributed by atoms with Gasteiger partial charge in [0.15, 0.2) is 5.96 Å². The van der Waals surface area contributed by atoms with Crippen LogP contribution in [0.5, 0.6) is 0 Å². The smallest absolute Gasteiger partial charge is 0.225 e. The molecule has 0 aromatic heterocycles. The van der Waals surface area contributed by atoms with Crippen LogP contribution in [0.25, 0.3) is 0 Å². The first-order valence-electron chi connectivity index (χ1n) is 11.1. The molecule has 2 rings (SSSR count). The molecule has 0 unspecified atom stereocenters. The van der Waals surface area contributed by atoms with Crippen molar-refractivity contribution in [2.45, 2.75) is 70.9 Å². The Labute approximate surface area is 193 Å². The number of carbonyl (C=O) groups is 1. The van der Waals surface area contributed by atoms with Gasteiger partial charge < -0.3 is 25.0 Å². The molecule has 170 valence electrons. The van der Waals surface area contributed by atoms with Crippen molar-refractivity contribution in [3.63, 3.8) is 0 Å². The Morgan fingerprint density at radius 2 is 1.83 bits per heavy atom. The molecule has 2 N–H and O–H groups in total. The first-order valence-corrected chi connectivity index (χ1v) is 11.1. The largest absolute Gasteiger partial charge is 0.381 e. The van der Waals surface area contributed by atoms with Crippen LogP contribution in [-0.2, 0) is 14.3 Å². The second-order valence-corrected chi connectivity index (χ2v) is 7.79. The normalized spacial score (nSPS) is 19.2. The predicted molar refractivity (Wildman–Crippen MR) is 128 cm³/mol. The third kappa shape index (κ3) is 9.38. The summed E-state index contributed by atoms with van der Waals surface area (Å²) in [5.41, 5.74) is 0. The monoisotopic (exact) mass is 524 g/mol. The van der Waals surface area contributed by atoms with E-state index in [1.807, 2.05) is 4.90 Å². The molecule has 0 aromatic rings. The van der Waals surface area contributed by atoms with Gasteiger partial charge in [0.25, 0.3) is 0 Å². The van der Waals surface area contributed by atoms with Crippen molar-refractivity contribution < 1.29 is 14.3 Å². The van der Waals surface area contributed by atoms with Crippen molar-refractivity contribution in [2.75, 3.05) is 46.5 Å². The number of hydrogen-bond donors (Lipinski definition) is 2. The fourth-order valence-electron chi connectivity index (χ4n) is 3.90. The number of hydrogen-bond acceptors (Lipinski definition) is 4. The van der Waals surface area contributed by atoms with E-state index >= 15 is 0 Å². The summed E-state index contributed by atoms with van der Waals surface area (Å²) >= 11 is 0. The zero-order valence-electron chi connectivity index (χ0n) is 18.5. The van der Waals surface area contributed by atoms with Gasteiger partial charge in [-0.2, -0.15) is 0 Å². The fraction of sp³-hybridized carbons (Fsp3) is 0.905. The summed E-state index contributed by atoms with van der Waals surface area (Å²) in [5.74, 6) is 1.36. The SMILES string of the molecule is CCC(CC)C(=O)N1CCC(NC(=NC)NCCCOC2CCOCC2)CC1.I. The van der Waals surface area contributed by atoms with E-state index in [-0.39, 0.29) is 29.9 Å². The summed E-state index contributed by atoms with van der Waals surface area (Å²) in [6.07, 6.45) is 7.15. The summed E-state index contributed by atoms with van der Waals surface area (Å²) in [4.78, 5) is 18.9. The minimum Gasteiger partial charge on any atom is -0.381 e. The Balaban J connectivity index is 0.00000420. The van der Waals surface area contributed by atoms with E-state index < -0.39 is 0 Å². The molecular formula is C21H41IN4O3. The molecule has 0 saturated carbocycles. The molecule has 0 aromatic carbocycles. The fourth-order valence-corrected chi connectivity index (χ4v) is 3.90. The average Bonchev–Trinajstić information content (AvgIpc) is 2.74. The van der Waals surface area contributed by atoms with Gasteiger partial charge in [0.1, 0.15) is 0 Å². The molecule has 0 aliphatic carbocycles. The lowest BCUT2D eigenvalue weighted by atomic mass is 9.98. The van der Waals surface area contributed by atoms with E-state index in [1.54, 1.807) is 7.05 Å². The first kappa shape index (κ1) is 26.4. The molecule has 7 nitrogen and oxygen atoms in total. The van der Waals surface area contributed by atoms with Crippen LogP contribution in [0.4, 0.5) is 0 Å². The zero-order chi connectivity index (χ0) is 20.2. The maximum atomic E-state index is 12.5. The number of nitrogens with one attached hydrogen (secondary N) is 2. The summed E-state index contributed by atoms with van der Waals surface area (Å²) in [7, 11) is 1.81. The molecule has 0 bridgehead atoms. The molecule has 2 heterocycles. The van der Waals surface area contributed by atoms with Gasteiger partial charge in [-0.3, -0.25) is 9.79 Å². The van der Waals surface area contributed by atoms with Crippen LogP contribution in [0, 0.1) is 5.92 Å². The molecule has 2 fully saturated rings. The third-order valence-corrected chi connectivity index (χ3v) is 5.84. The molecule has 2 saturated heterocycles. The minimum absolute atomic E-state index is 0. The van der Waals surface area contributed by atoms with Crippen LogP contribution in [0.3, 0.4) is 0 Å². The first-order chi connectivity index (χ1) is 13.7. The van der Waals surface area contributed by atoms with Crippen LogP contribution >= 0.6 is 24.0 Å². The molecular weight excluding hydrogens is 483 g/mol. The second-order valence-electron chi connectivity index (χ2n) is 7.79. The third-order valence-electron chi connectivity index (χ3n) is 5.84. The Bertz CT molecular complexity index is 475. The number of piperidine rings is 1. The molecule has 0 atom stereocenters. The average molecular weight is 524 g/mol. The number of guanidine groups is 1. The van der Waals surface area contributed by atoms with Gasteiger partial charge in [0, 0.05) is 58.5 Å². The minimum atomic E-state index is 0. The quantitative estimate of drug-likeness (QED) is 0.210. The zero-order valence-corrected chi connectivity index (χ0v) is 20.8. The lowest BCUT2D eigenvalue weighted by Crippen LogP contribution is -2.50. The van der Waals surface area contributed by atoms with E-state index in [4.69, 9.17) is 9.47 Å². The van der Waals surface area contributed by atoms with E-state index in [2.05, 4.69) is 29.5 Å². The Hall–Kier alpha value is -0.610. The predicted octanol–water partition coefficient (Wildman–Crippen LogP) is 2.78. The molecule has 8 heteroatoms. The van der Waals surface area contributed by atoms with Crippen LogP contribution < -0.4 is 10.6 Å². The van der Waals surface area contributed by atoms with Gasteiger partial charge in [-0.1, -0.05) is 13.8 Å². The van der Waals surface area contributed by atoms with Crippen molar-refractivity contribution in [1.29, 1.82) is 0 Å². The summed E-state index contributed by atoms with van der Waals surface area (Å²) in [5, 5.41) is 6.88. The number of aliphatic imine (C=N–C) groups is 1. The van der Waals surface area contributed by atoms with Gasteiger partial charge in [-0.25, -0.2) is 0 Å². The van der Waals surface area contributed by atoms with Crippen molar-refractivity contribution in [2.24, 2.45) is 10.9 Å². The van der Waals surface area contributed by atoms with Crippen LogP contribution in [0.15, 0.2) is 4.99 Å². The van der Waals surface area contributed by atoms with E-state index in [9.17, 15) is 4.79 Å². The van der Waals surface area contributed by atoms with Gasteiger partial charge in [-0.15, -0.1) is 24.0 Å². The van der Waals surface area contributed by atoms with E-state index in [0.717, 1.165) is 90.4 Å². The maximum absolute atomic E-state index is 12.5. The van der Waals surface area contributed by atoms with E-state index in [0.29, 0.717) is 18.1 Å². The summed E-state index contributed by atoms with van der Waals surface area (Å²) < 4.78 is 11.3. The molecule has 29 heavy (non-hydrogen) atoms. The van der Waals surface area contributed by atoms with Crippen molar-refractivity contribution in [1.82, 2.24) is 15.5 Å². The number of likely N-dealkylation sites (tertiary alicyclic amines) is 1. The van der Waals surface area contributed by atoms with Crippen LogP contribution in [-0.4, -0.2) is 75.4 Å². The van der Waals surface area contributed by atoms with Crippen molar-refractivity contribution in [3.8, 4) is 0 Å². The number of carbonyl (C=O) groups excluding carboxylic acids is 1. The molecule has 2 aliphatic heterocycles. The Morgan fingerprint density at radius 3 is 2.41 bits per heavy atom. The lowest BCUT2D eigenvalue weighted by Gasteiger charge is -2.34. The Kier molecular flexibility index (Phi) is 13.9. The van der Waals surface area contributed by atoms with Crippen LogP contribution in [0.1, 0.15) is 58.8 Å². The summed E-state index contributed by atoms with van der Waals surface area (Å²) in [6.45, 7) is 9.13. The van der Waals surface area contributed by atoms with Crippen molar-refractivity contribution >= 4 is 35.8 Å². The van der Waals surface area contributed by atoms with Gasteiger partial charge in [0.2, 0.25) is 5.91 Å². The number of rotatable bonds is 9. The Morgan fingerprint density at radius 1 is 1.17 bits per heavy atom. The van der Waals surface area contributed by atoms with Crippen LogP contribution in [0.2, 0.25) is 0 Å². The highest BCUT2D eigenvalue weighted by Crippen LogP contribution is 2.17. The highest BCUT2D eigenvalue weighted by Gasteiger charge is 2.26. The number of halogens is 1. The maximum Gasteiger partial charge on any atom is 0.225 e. The van der Waals surface area contributed by atoms with Gasteiger partial charge in [-0.05, 0) is 44.9 Å². The standard InChI is InChI=1S/C21H40N4O3.HI/c1-4-17(5-2)20(26)25-12-7-18(8-13-25)24-21(22-3)23-11-6-14-28-19-9-15-27-16-10-19;/h17-19H,4-16H2,1-3H3,(H2,22,23,24);1H.